The Hall–Kier alpha value is -0.580. The Bertz CT molecular complexity index is 497. The Kier molecular flexibility index (Phi) is 6.49. The fourth-order valence-electron chi connectivity index (χ4n) is 1.43. The van der Waals surface area contributed by atoms with Gasteiger partial charge in [0.05, 0.1) is 13.0 Å². The molecule has 0 unspecified atom stereocenters. The van der Waals surface area contributed by atoms with Gasteiger partial charge in [0.2, 0.25) is 5.88 Å². The van der Waals surface area contributed by atoms with Gasteiger partial charge in [-0.25, -0.2) is 4.98 Å². The number of halogens is 5. The van der Waals surface area contributed by atoms with Crippen LogP contribution in [-0.4, -0.2) is 23.9 Å². The Morgan fingerprint density at radius 3 is 2.60 bits per heavy atom. The summed E-state index contributed by atoms with van der Waals surface area (Å²) in [7, 11) is 0. The molecule has 0 saturated carbocycles. The average Bonchev–Trinajstić information content (AvgIpc) is 2.32. The molecule has 1 heterocycles. The van der Waals surface area contributed by atoms with E-state index in [1.54, 1.807) is 6.92 Å². The number of hydrogen-bond acceptors (Lipinski definition) is 4. The van der Waals surface area contributed by atoms with Crippen LogP contribution < -0.4 is 4.74 Å². The quantitative estimate of drug-likeness (QED) is 0.377. The van der Waals surface area contributed by atoms with Crippen LogP contribution in [0, 0.1) is 3.57 Å². The number of esters is 1. The molecular weight excluding hydrogens is 458 g/mol. The van der Waals surface area contributed by atoms with Crippen LogP contribution >= 0.6 is 38.5 Å². The van der Waals surface area contributed by atoms with Crippen molar-refractivity contribution in [2.24, 2.45) is 0 Å². The van der Waals surface area contributed by atoms with Gasteiger partial charge in [-0.2, -0.15) is 0 Å². The third-order valence-electron chi connectivity index (χ3n) is 2.18. The van der Waals surface area contributed by atoms with Gasteiger partial charge in [0.1, 0.15) is 0 Å². The number of alkyl halides is 4. The summed E-state index contributed by atoms with van der Waals surface area (Å²) in [6, 6.07) is 0. The fourth-order valence-corrected chi connectivity index (χ4v) is 2.66. The highest BCUT2D eigenvalue weighted by atomic mass is 127. The summed E-state index contributed by atoms with van der Waals surface area (Å²) in [6.45, 7) is 1.86. The van der Waals surface area contributed by atoms with Crippen LogP contribution in [-0.2, 0) is 21.3 Å². The van der Waals surface area contributed by atoms with E-state index in [1.165, 1.54) is 6.20 Å². The van der Waals surface area contributed by atoms with E-state index in [4.69, 9.17) is 4.74 Å². The van der Waals surface area contributed by atoms with Crippen molar-refractivity contribution in [1.82, 2.24) is 4.98 Å². The van der Waals surface area contributed by atoms with Gasteiger partial charge in [-0.3, -0.25) is 4.79 Å². The monoisotopic (exact) mass is 467 g/mol. The van der Waals surface area contributed by atoms with Crippen LogP contribution in [0.25, 0.3) is 0 Å². The maximum Gasteiger partial charge on any atom is 0.574 e. The molecule has 0 aliphatic rings. The lowest BCUT2D eigenvalue weighted by Gasteiger charge is -2.15. The second-order valence-electron chi connectivity index (χ2n) is 3.53. The highest BCUT2D eigenvalue weighted by Gasteiger charge is 2.33. The maximum absolute atomic E-state index is 12.3. The van der Waals surface area contributed by atoms with Crippen LogP contribution in [0.4, 0.5) is 13.2 Å². The van der Waals surface area contributed by atoms with Crippen molar-refractivity contribution in [3.8, 4) is 5.88 Å². The van der Waals surface area contributed by atoms with Crippen LogP contribution in [0.3, 0.4) is 0 Å². The minimum Gasteiger partial charge on any atom is -0.466 e. The number of aromatic nitrogens is 1. The molecule has 0 aliphatic heterocycles. The molecular formula is C11H10BrF3INO3. The molecule has 0 aromatic carbocycles. The molecule has 1 aromatic rings. The van der Waals surface area contributed by atoms with Crippen LogP contribution in [0.15, 0.2) is 6.20 Å². The molecule has 0 aliphatic carbocycles. The lowest BCUT2D eigenvalue weighted by Crippen LogP contribution is -2.20. The molecule has 20 heavy (non-hydrogen) atoms. The molecule has 0 atom stereocenters. The highest BCUT2D eigenvalue weighted by molar-refractivity contribution is 14.1. The number of carbonyl (C=O) groups is 1. The minimum atomic E-state index is -4.84. The van der Waals surface area contributed by atoms with Gasteiger partial charge >= 0.3 is 12.3 Å². The van der Waals surface area contributed by atoms with E-state index in [0.717, 1.165) is 0 Å². The van der Waals surface area contributed by atoms with Gasteiger partial charge in [0.25, 0.3) is 0 Å². The summed E-state index contributed by atoms with van der Waals surface area (Å²) < 4.78 is 46.1. The summed E-state index contributed by atoms with van der Waals surface area (Å²) in [5, 5.41) is 0.0804. The van der Waals surface area contributed by atoms with E-state index < -0.39 is 18.2 Å². The Balaban J connectivity index is 3.14. The van der Waals surface area contributed by atoms with E-state index in [1.807, 2.05) is 22.6 Å². The normalized spacial score (nSPS) is 11.3. The molecule has 0 bridgehead atoms. The smallest absolute Gasteiger partial charge is 0.466 e. The van der Waals surface area contributed by atoms with Crippen molar-refractivity contribution in [1.29, 1.82) is 0 Å². The Morgan fingerprint density at radius 1 is 1.45 bits per heavy atom. The fraction of sp³-hybridized carbons (Fsp3) is 0.455. The molecule has 112 valence electrons. The standard InChI is InChI=1S/C11H10BrF3INO3/c1-2-19-9(18)3-6-7(4-12)10(17-5-8(6)16)20-11(13,14)15/h5H,2-4H2,1H3. The molecule has 9 heteroatoms. The van der Waals surface area contributed by atoms with Crippen molar-refractivity contribution >= 4 is 44.5 Å². The second-order valence-corrected chi connectivity index (χ2v) is 5.25. The van der Waals surface area contributed by atoms with E-state index in [9.17, 15) is 18.0 Å². The van der Waals surface area contributed by atoms with Gasteiger partial charge < -0.3 is 9.47 Å². The van der Waals surface area contributed by atoms with Crippen LogP contribution in [0.5, 0.6) is 5.88 Å². The van der Waals surface area contributed by atoms with Gasteiger partial charge in [-0.15, -0.1) is 13.2 Å². The number of pyridine rings is 1. The first-order chi connectivity index (χ1) is 9.28. The zero-order chi connectivity index (χ0) is 15.3. The SMILES string of the molecule is CCOC(=O)Cc1c(I)cnc(OC(F)(F)F)c1CBr. The average molecular weight is 468 g/mol. The van der Waals surface area contributed by atoms with Crippen molar-refractivity contribution in [3.63, 3.8) is 0 Å². The molecule has 4 nitrogen and oxygen atoms in total. The lowest BCUT2D eigenvalue weighted by molar-refractivity contribution is -0.276. The van der Waals surface area contributed by atoms with E-state index in [0.29, 0.717) is 9.13 Å². The number of ether oxygens (including phenoxy) is 2. The van der Waals surface area contributed by atoms with Crippen molar-refractivity contribution in [3.05, 3.63) is 20.9 Å². The molecule has 0 fully saturated rings. The van der Waals surface area contributed by atoms with Crippen LogP contribution in [0.1, 0.15) is 18.1 Å². The predicted molar refractivity (Wildman–Crippen MR) is 76.6 cm³/mol. The lowest BCUT2D eigenvalue weighted by atomic mass is 10.1. The molecule has 0 radical (unpaired) electrons. The largest absolute Gasteiger partial charge is 0.574 e. The number of rotatable bonds is 5. The molecule has 1 aromatic heterocycles. The summed E-state index contributed by atoms with van der Waals surface area (Å²) >= 11 is 4.98. The first kappa shape index (κ1) is 17.5. The molecule has 0 amide bonds. The predicted octanol–water partition coefficient (Wildman–Crippen LogP) is 3.59. The molecule has 0 N–H and O–H groups in total. The van der Waals surface area contributed by atoms with E-state index in [-0.39, 0.29) is 23.9 Å². The highest BCUT2D eigenvalue weighted by Crippen LogP contribution is 2.31. The third-order valence-corrected chi connectivity index (χ3v) is 3.67. The van der Waals surface area contributed by atoms with Crippen molar-refractivity contribution < 1.29 is 27.4 Å². The number of hydrogen-bond donors (Lipinski definition) is 0. The van der Waals surface area contributed by atoms with Crippen LogP contribution in [0.2, 0.25) is 0 Å². The van der Waals surface area contributed by atoms with Crippen molar-refractivity contribution in [2.75, 3.05) is 6.61 Å². The van der Waals surface area contributed by atoms with Crippen molar-refractivity contribution in [2.45, 2.75) is 25.0 Å². The maximum atomic E-state index is 12.3. The minimum absolute atomic E-state index is 0.0804. The Labute approximate surface area is 135 Å². The topological polar surface area (TPSA) is 48.4 Å². The first-order valence-electron chi connectivity index (χ1n) is 5.42. The second kappa shape index (κ2) is 7.43. The van der Waals surface area contributed by atoms with Gasteiger partial charge in [-0.1, -0.05) is 15.9 Å². The Morgan fingerprint density at radius 2 is 2.10 bits per heavy atom. The zero-order valence-corrected chi connectivity index (χ0v) is 14.0. The first-order valence-corrected chi connectivity index (χ1v) is 7.62. The van der Waals surface area contributed by atoms with E-state index >= 15 is 0 Å². The summed E-state index contributed by atoms with van der Waals surface area (Å²) in [4.78, 5) is 15.1. The number of nitrogens with zero attached hydrogens (tertiary/aromatic N) is 1. The summed E-state index contributed by atoms with van der Waals surface area (Å²) in [5.41, 5.74) is 0.595. The summed E-state index contributed by atoms with van der Waals surface area (Å²) in [6.07, 6.45) is -3.75. The molecule has 0 spiro atoms. The summed E-state index contributed by atoms with van der Waals surface area (Å²) in [5.74, 6) is -1.08. The van der Waals surface area contributed by atoms with Gasteiger partial charge in [-0.05, 0) is 35.1 Å². The zero-order valence-electron chi connectivity index (χ0n) is 10.3. The third kappa shape index (κ3) is 5.08. The molecule has 1 rings (SSSR count). The van der Waals surface area contributed by atoms with Gasteiger partial charge in [0, 0.05) is 20.7 Å². The van der Waals surface area contributed by atoms with E-state index in [2.05, 4.69) is 25.7 Å². The van der Waals surface area contributed by atoms with Gasteiger partial charge in [0.15, 0.2) is 0 Å². The number of carbonyl (C=O) groups excluding carboxylic acids is 1. The molecule has 0 saturated heterocycles.